The van der Waals surface area contributed by atoms with Gasteiger partial charge in [0.05, 0.1) is 0 Å². The summed E-state index contributed by atoms with van der Waals surface area (Å²) in [5.74, 6) is 0. The second-order valence-corrected chi connectivity index (χ2v) is 17.9. The summed E-state index contributed by atoms with van der Waals surface area (Å²) in [5.41, 5.74) is 4.41. The van der Waals surface area contributed by atoms with Crippen molar-refractivity contribution in [1.82, 2.24) is 0 Å². The summed E-state index contributed by atoms with van der Waals surface area (Å²) in [6.07, 6.45) is 13.5. The molecule has 46 heavy (non-hydrogen) atoms. The minimum absolute atomic E-state index is 0.618. The fraction of sp³-hybridized carbons (Fsp3) is 0.273. The fourth-order valence-corrected chi connectivity index (χ4v) is 13.6. The predicted octanol–water partition coefficient (Wildman–Crippen LogP) is 9.65. The van der Waals surface area contributed by atoms with Crippen LogP contribution in [0.2, 0.25) is 0 Å². The normalized spacial score (nSPS) is 16.3. The molecule has 0 heterocycles. The first kappa shape index (κ1) is 29.6. The van der Waals surface area contributed by atoms with Gasteiger partial charge < -0.3 is 0 Å². The topological polar surface area (TPSA) is 3.24 Å². The summed E-state index contributed by atoms with van der Waals surface area (Å²) in [6.45, 7) is 0. The van der Waals surface area contributed by atoms with E-state index in [9.17, 15) is 0 Å². The van der Waals surface area contributed by atoms with Crippen LogP contribution in [0.3, 0.4) is 0 Å². The number of benzene rings is 6. The fourth-order valence-electron chi connectivity index (χ4n) is 8.44. The van der Waals surface area contributed by atoms with Crippen LogP contribution in [-0.2, 0) is 0 Å². The van der Waals surface area contributed by atoms with Gasteiger partial charge in [0.2, 0.25) is 0 Å². The maximum absolute atomic E-state index is 2.98. The van der Waals surface area contributed by atoms with E-state index in [0.717, 1.165) is 0 Å². The molecule has 0 amide bonds. The first-order valence-corrected chi connectivity index (χ1v) is 20.4. The molecule has 0 bridgehead atoms. The molecule has 0 aromatic heterocycles. The Hall–Kier alpha value is -3.80. The summed E-state index contributed by atoms with van der Waals surface area (Å²) in [4.78, 5) is 2.98. The van der Waals surface area contributed by atoms with E-state index in [1.54, 1.807) is 0 Å². The van der Waals surface area contributed by atoms with Crippen molar-refractivity contribution in [1.29, 1.82) is 0 Å². The Labute approximate surface area is 279 Å². The number of hydrogen-bond acceptors (Lipinski definition) is 1. The van der Waals surface area contributed by atoms with E-state index in [4.69, 9.17) is 0 Å². The molecule has 0 aliphatic heterocycles. The third-order valence-corrected chi connectivity index (χ3v) is 15.8. The molecule has 1 nitrogen and oxygen atoms in total. The van der Waals surface area contributed by atoms with E-state index >= 15 is 0 Å². The van der Waals surface area contributed by atoms with Crippen molar-refractivity contribution in [3.63, 3.8) is 0 Å². The van der Waals surface area contributed by atoms with Gasteiger partial charge in [-0.05, 0) is 0 Å². The average molecular weight is 662 g/mol. The van der Waals surface area contributed by atoms with Crippen LogP contribution in [0.15, 0.2) is 133 Å². The molecule has 230 valence electrons. The Morgan fingerprint density at radius 2 is 0.870 bits per heavy atom. The quantitative estimate of drug-likeness (QED) is 0.154. The van der Waals surface area contributed by atoms with Crippen LogP contribution in [0.5, 0.6) is 0 Å². The van der Waals surface area contributed by atoms with E-state index in [2.05, 4.69) is 138 Å². The third-order valence-electron chi connectivity index (χ3n) is 10.5. The van der Waals surface area contributed by atoms with Crippen LogP contribution in [-0.4, -0.2) is 26.7 Å². The molecule has 8 rings (SSSR count). The maximum atomic E-state index is 2.98. The first-order chi connectivity index (χ1) is 22.9. The first-order valence-electron chi connectivity index (χ1n) is 17.6. The summed E-state index contributed by atoms with van der Waals surface area (Å²) < 4.78 is 4.50. The van der Waals surface area contributed by atoms with E-state index in [-0.39, 0.29) is 0 Å². The van der Waals surface area contributed by atoms with Gasteiger partial charge in [0.1, 0.15) is 0 Å². The molecular weight excluding hydrogens is 617 g/mol. The van der Waals surface area contributed by atoms with Crippen molar-refractivity contribution < 1.29 is 0 Å². The Morgan fingerprint density at radius 1 is 0.413 bits per heavy atom. The van der Waals surface area contributed by atoms with Crippen LogP contribution in [0, 0.1) is 0 Å². The summed E-state index contributed by atoms with van der Waals surface area (Å²) in [5, 5.41) is 5.45. The molecule has 6 aromatic rings. The zero-order valence-electron chi connectivity index (χ0n) is 26.8. The van der Waals surface area contributed by atoms with Gasteiger partial charge >= 0.3 is 281 Å². The summed E-state index contributed by atoms with van der Waals surface area (Å²) >= 11 is -1.94. The Kier molecular flexibility index (Phi) is 8.69. The molecule has 2 saturated carbocycles. The second-order valence-electron chi connectivity index (χ2n) is 13.4. The number of anilines is 1. The predicted molar refractivity (Wildman–Crippen MR) is 201 cm³/mol. The van der Waals surface area contributed by atoms with Crippen molar-refractivity contribution in [2.45, 2.75) is 76.3 Å². The zero-order chi connectivity index (χ0) is 30.7. The van der Waals surface area contributed by atoms with Crippen LogP contribution >= 0.6 is 0 Å². The molecule has 2 aliphatic carbocycles. The number of fused-ring (bicyclic) bond motifs is 2. The van der Waals surface area contributed by atoms with Crippen LogP contribution in [0.1, 0.15) is 64.2 Å². The number of nitrogens with zero attached hydrogens (tertiary/aromatic N) is 1. The van der Waals surface area contributed by atoms with Crippen molar-refractivity contribution in [3.05, 3.63) is 133 Å². The molecule has 0 saturated heterocycles. The molecule has 2 aliphatic rings. The number of hydrogen-bond donors (Lipinski definition) is 0. The Balaban J connectivity index is 1.46. The summed E-state index contributed by atoms with van der Waals surface area (Å²) in [7, 11) is 0. The van der Waals surface area contributed by atoms with Gasteiger partial charge in [0.25, 0.3) is 0 Å². The standard InChI is InChI=1S/C44H44AsN/c1-5-19-35(20-6-1)45(36-21-7-2-8-22-36)41-31-29-33-17-13-15-27-39(33)43(41)44-40-28-16-14-18-34(40)30-32-42(44)46(37-23-9-3-10-24-37)38-25-11-4-12-26-38/h1-2,5-8,13-22,27-32,37-38H,3-4,9-12,23-26H2. The van der Waals surface area contributed by atoms with Crippen molar-refractivity contribution in [3.8, 4) is 11.1 Å². The molecule has 0 radical (unpaired) electrons. The van der Waals surface area contributed by atoms with Crippen molar-refractivity contribution in [2.24, 2.45) is 0 Å². The van der Waals surface area contributed by atoms with Gasteiger partial charge in [0.15, 0.2) is 0 Å². The molecule has 2 heteroatoms. The van der Waals surface area contributed by atoms with Crippen LogP contribution in [0.4, 0.5) is 5.69 Å². The average Bonchev–Trinajstić information content (AvgIpc) is 3.14. The molecule has 0 N–H and O–H groups in total. The van der Waals surface area contributed by atoms with Crippen molar-refractivity contribution >= 4 is 54.9 Å². The van der Waals surface area contributed by atoms with E-state index in [0.29, 0.717) is 12.1 Å². The Bertz CT molecular complexity index is 1860. The van der Waals surface area contributed by atoms with E-state index < -0.39 is 14.7 Å². The Morgan fingerprint density at radius 3 is 1.41 bits per heavy atom. The van der Waals surface area contributed by atoms with Gasteiger partial charge in [-0.1, -0.05) is 0 Å². The van der Waals surface area contributed by atoms with Gasteiger partial charge in [0, 0.05) is 0 Å². The van der Waals surface area contributed by atoms with Gasteiger partial charge in [-0.2, -0.15) is 0 Å². The van der Waals surface area contributed by atoms with E-state index in [1.807, 2.05) is 0 Å². The van der Waals surface area contributed by atoms with Crippen LogP contribution in [0.25, 0.3) is 32.7 Å². The SMILES string of the molecule is c1ccc([As](c2ccccc2)c2ccc3ccccc3c2-c2c(N(C3CCCCC3)C3CCCCC3)ccc3ccccc23)cc1. The molecular formula is C44H44AsN. The molecule has 6 aromatic carbocycles. The van der Waals surface area contributed by atoms with Gasteiger partial charge in [-0.25, -0.2) is 0 Å². The van der Waals surface area contributed by atoms with Crippen molar-refractivity contribution in [2.75, 3.05) is 4.90 Å². The molecule has 0 atom stereocenters. The number of rotatable bonds is 7. The molecule has 0 unspecified atom stereocenters. The molecule has 2 fully saturated rings. The van der Waals surface area contributed by atoms with Gasteiger partial charge in [-0.3, -0.25) is 0 Å². The molecule has 0 spiro atoms. The third kappa shape index (κ3) is 5.69. The van der Waals surface area contributed by atoms with E-state index in [1.165, 1.54) is 116 Å². The minimum atomic E-state index is -1.94. The monoisotopic (exact) mass is 661 g/mol. The summed E-state index contributed by atoms with van der Waals surface area (Å²) in [6, 6.07) is 52.2. The van der Waals surface area contributed by atoms with Crippen LogP contribution < -0.4 is 18.0 Å². The van der Waals surface area contributed by atoms with Gasteiger partial charge in [-0.15, -0.1) is 0 Å². The second kappa shape index (κ2) is 13.5. The zero-order valence-corrected chi connectivity index (χ0v) is 28.7.